The van der Waals surface area contributed by atoms with Crippen LogP contribution in [0.2, 0.25) is 0 Å². The topological polar surface area (TPSA) is 57.2 Å². The van der Waals surface area contributed by atoms with E-state index in [9.17, 15) is 0 Å². The molecule has 0 saturated heterocycles. The van der Waals surface area contributed by atoms with E-state index in [1.54, 1.807) is 19.2 Å². The molecule has 82 valence electrons. The molecule has 0 saturated carbocycles. The second-order valence-electron chi connectivity index (χ2n) is 3.03. The zero-order chi connectivity index (χ0) is 10.7. The van der Waals surface area contributed by atoms with Crippen molar-refractivity contribution in [1.82, 2.24) is 0 Å². The van der Waals surface area contributed by atoms with E-state index in [1.807, 2.05) is 0 Å². The maximum absolute atomic E-state index is 9.13. The molecule has 0 atom stereocenters. The summed E-state index contributed by atoms with van der Waals surface area (Å²) in [4.78, 5) is 0. The first-order valence-corrected chi connectivity index (χ1v) is 4.50. The van der Waals surface area contributed by atoms with Gasteiger partial charge >= 0.3 is 0 Å². The highest BCUT2D eigenvalue weighted by Crippen LogP contribution is 2.39. The number of hydrogen-bond donors (Lipinski definition) is 1. The third-order valence-corrected chi connectivity index (χ3v) is 2.04. The molecule has 0 aromatic heterocycles. The lowest BCUT2D eigenvalue weighted by Crippen LogP contribution is -1.99. The molecule has 1 aromatic rings. The van der Waals surface area contributed by atoms with Gasteiger partial charge in [0.25, 0.3) is 0 Å². The highest BCUT2D eigenvalue weighted by molar-refractivity contribution is 5.52. The van der Waals surface area contributed by atoms with Gasteiger partial charge in [0, 0.05) is 18.7 Å². The summed E-state index contributed by atoms with van der Waals surface area (Å²) in [5, 5.41) is 9.13. The van der Waals surface area contributed by atoms with Crippen molar-refractivity contribution in [3.8, 4) is 17.2 Å². The highest BCUT2D eigenvalue weighted by Gasteiger charge is 2.19. The predicted octanol–water partition coefficient (Wildman–Crippen LogP) is 0.890. The molecule has 5 nitrogen and oxygen atoms in total. The van der Waals surface area contributed by atoms with E-state index < -0.39 is 0 Å². The lowest BCUT2D eigenvalue weighted by molar-refractivity contribution is 0.0508. The van der Waals surface area contributed by atoms with Crippen LogP contribution in [-0.4, -0.2) is 25.8 Å². The number of hydrogen-bond acceptors (Lipinski definition) is 5. The fourth-order valence-corrected chi connectivity index (χ4v) is 1.38. The fraction of sp³-hybridized carbons (Fsp3) is 0.400. The first-order chi connectivity index (χ1) is 7.35. The van der Waals surface area contributed by atoms with E-state index >= 15 is 0 Å². The number of ether oxygens (including phenoxy) is 4. The van der Waals surface area contributed by atoms with Crippen LogP contribution in [0.15, 0.2) is 12.1 Å². The Morgan fingerprint density at radius 2 is 2.27 bits per heavy atom. The Balaban J connectivity index is 2.26. The van der Waals surface area contributed by atoms with Crippen LogP contribution in [0, 0.1) is 0 Å². The van der Waals surface area contributed by atoms with Crippen molar-refractivity contribution < 1.29 is 24.1 Å². The van der Waals surface area contributed by atoms with E-state index in [4.69, 9.17) is 24.1 Å². The Kier molecular flexibility index (Phi) is 2.94. The molecule has 15 heavy (non-hydrogen) atoms. The number of methoxy groups -OCH3 is 1. The molecule has 0 spiro atoms. The average Bonchev–Trinajstić information content (AvgIpc) is 2.73. The van der Waals surface area contributed by atoms with Crippen LogP contribution in [0.4, 0.5) is 0 Å². The van der Waals surface area contributed by atoms with E-state index in [0.29, 0.717) is 22.8 Å². The minimum absolute atomic E-state index is 0.115. The van der Waals surface area contributed by atoms with E-state index in [1.165, 1.54) is 0 Å². The summed E-state index contributed by atoms with van der Waals surface area (Å²) >= 11 is 0. The molecular formula is C10H12O5. The van der Waals surface area contributed by atoms with Crippen LogP contribution in [0.5, 0.6) is 17.2 Å². The largest absolute Gasteiger partial charge is 0.467 e. The minimum Gasteiger partial charge on any atom is -0.467 e. The van der Waals surface area contributed by atoms with Crippen molar-refractivity contribution in [3.05, 3.63) is 17.7 Å². The number of aliphatic hydroxyl groups is 1. The lowest BCUT2D eigenvalue weighted by Gasteiger charge is -2.08. The normalized spacial score (nSPS) is 12.9. The summed E-state index contributed by atoms with van der Waals surface area (Å²) < 4.78 is 20.5. The second kappa shape index (κ2) is 4.37. The molecule has 1 heterocycles. The van der Waals surface area contributed by atoms with Gasteiger partial charge < -0.3 is 24.1 Å². The fourth-order valence-electron chi connectivity index (χ4n) is 1.38. The molecule has 1 N–H and O–H groups in total. The zero-order valence-electron chi connectivity index (χ0n) is 8.36. The van der Waals surface area contributed by atoms with Gasteiger partial charge in [0.15, 0.2) is 18.3 Å². The smallest absolute Gasteiger partial charge is 0.231 e. The summed E-state index contributed by atoms with van der Waals surface area (Å²) in [6.45, 7) is 0.219. The molecule has 0 bridgehead atoms. The molecule has 2 rings (SSSR count). The molecule has 0 aliphatic carbocycles. The quantitative estimate of drug-likeness (QED) is 0.751. The SMILES string of the molecule is COCOc1cc(CO)c2c(c1)OCO2. The average molecular weight is 212 g/mol. The molecule has 1 aliphatic rings. The molecular weight excluding hydrogens is 200 g/mol. The number of aliphatic hydroxyl groups excluding tert-OH is 1. The zero-order valence-corrected chi connectivity index (χ0v) is 8.36. The van der Waals surface area contributed by atoms with Crippen molar-refractivity contribution in [3.63, 3.8) is 0 Å². The molecule has 0 unspecified atom stereocenters. The highest BCUT2D eigenvalue weighted by atomic mass is 16.7. The van der Waals surface area contributed by atoms with Crippen molar-refractivity contribution in [2.75, 3.05) is 20.7 Å². The van der Waals surface area contributed by atoms with Gasteiger partial charge in [0.05, 0.1) is 6.61 Å². The Morgan fingerprint density at radius 3 is 3.00 bits per heavy atom. The van der Waals surface area contributed by atoms with Crippen LogP contribution in [-0.2, 0) is 11.3 Å². The van der Waals surface area contributed by atoms with Crippen LogP contribution < -0.4 is 14.2 Å². The Bertz CT molecular complexity index is 350. The Morgan fingerprint density at radius 1 is 1.40 bits per heavy atom. The van der Waals surface area contributed by atoms with Gasteiger partial charge in [-0.1, -0.05) is 0 Å². The van der Waals surface area contributed by atoms with Crippen LogP contribution in [0.1, 0.15) is 5.56 Å². The summed E-state index contributed by atoms with van der Waals surface area (Å²) in [7, 11) is 1.54. The standard InChI is InChI=1S/C10H12O5/c1-12-5-13-8-2-7(4-11)10-9(3-8)14-6-15-10/h2-3,11H,4-6H2,1H3. The van der Waals surface area contributed by atoms with Crippen LogP contribution in [0.25, 0.3) is 0 Å². The van der Waals surface area contributed by atoms with E-state index in [0.717, 1.165) is 0 Å². The summed E-state index contributed by atoms with van der Waals surface area (Å²) in [5.74, 6) is 1.76. The maximum Gasteiger partial charge on any atom is 0.231 e. The molecule has 0 fully saturated rings. The lowest BCUT2D eigenvalue weighted by atomic mass is 10.2. The van der Waals surface area contributed by atoms with Crippen LogP contribution in [0.3, 0.4) is 0 Å². The predicted molar refractivity (Wildman–Crippen MR) is 51.0 cm³/mol. The number of fused-ring (bicyclic) bond motifs is 1. The third-order valence-electron chi connectivity index (χ3n) is 2.04. The van der Waals surface area contributed by atoms with Crippen molar-refractivity contribution in [2.24, 2.45) is 0 Å². The van der Waals surface area contributed by atoms with Crippen molar-refractivity contribution in [1.29, 1.82) is 0 Å². The molecule has 1 aromatic carbocycles. The first kappa shape index (κ1) is 10.1. The molecule has 5 heteroatoms. The van der Waals surface area contributed by atoms with E-state index in [2.05, 4.69) is 0 Å². The van der Waals surface area contributed by atoms with Crippen LogP contribution >= 0.6 is 0 Å². The van der Waals surface area contributed by atoms with Gasteiger partial charge in [-0.25, -0.2) is 0 Å². The first-order valence-electron chi connectivity index (χ1n) is 4.50. The third kappa shape index (κ3) is 1.98. The van der Waals surface area contributed by atoms with Crippen molar-refractivity contribution >= 4 is 0 Å². The Labute approximate surface area is 87.1 Å². The van der Waals surface area contributed by atoms with Gasteiger partial charge in [-0.15, -0.1) is 0 Å². The summed E-state index contributed by atoms with van der Waals surface area (Å²) in [5.41, 5.74) is 0.649. The molecule has 1 aliphatic heterocycles. The Hall–Kier alpha value is -1.46. The van der Waals surface area contributed by atoms with Crippen molar-refractivity contribution in [2.45, 2.75) is 6.61 Å². The molecule has 0 radical (unpaired) electrons. The van der Waals surface area contributed by atoms with Gasteiger partial charge in [-0.2, -0.15) is 0 Å². The number of rotatable bonds is 4. The second-order valence-corrected chi connectivity index (χ2v) is 3.03. The van der Waals surface area contributed by atoms with E-state index in [-0.39, 0.29) is 20.2 Å². The van der Waals surface area contributed by atoms with Gasteiger partial charge in [-0.3, -0.25) is 0 Å². The summed E-state index contributed by atoms with van der Waals surface area (Å²) in [6, 6.07) is 3.41. The van der Waals surface area contributed by atoms with Gasteiger partial charge in [-0.05, 0) is 6.07 Å². The number of benzene rings is 1. The monoisotopic (exact) mass is 212 g/mol. The molecule has 0 amide bonds. The maximum atomic E-state index is 9.13. The minimum atomic E-state index is -0.115. The summed E-state index contributed by atoms with van der Waals surface area (Å²) in [6.07, 6.45) is 0. The van der Waals surface area contributed by atoms with Gasteiger partial charge in [0.1, 0.15) is 5.75 Å². The van der Waals surface area contributed by atoms with Gasteiger partial charge in [0.2, 0.25) is 6.79 Å².